The van der Waals surface area contributed by atoms with E-state index < -0.39 is 9.05 Å². The molecule has 0 spiro atoms. The number of amides is 1. The SMILES string of the molecule is O=C1CC(CS(=O)(=O)Cl)CN1CC1CC1. The minimum Gasteiger partial charge on any atom is -0.342 e. The number of nitrogens with zero attached hydrogens (tertiary/aromatic N) is 1. The molecule has 15 heavy (non-hydrogen) atoms. The highest BCUT2D eigenvalue weighted by Crippen LogP contribution is 2.32. The van der Waals surface area contributed by atoms with Gasteiger partial charge in [0.25, 0.3) is 0 Å². The average molecular weight is 252 g/mol. The second kappa shape index (κ2) is 3.94. The van der Waals surface area contributed by atoms with Crippen molar-refractivity contribution >= 4 is 25.6 Å². The van der Waals surface area contributed by atoms with Crippen LogP contribution in [0.3, 0.4) is 0 Å². The van der Waals surface area contributed by atoms with Crippen LogP contribution in [-0.4, -0.2) is 38.1 Å². The fourth-order valence-corrected chi connectivity index (χ4v) is 3.36. The third-order valence-electron chi connectivity index (χ3n) is 2.90. The maximum atomic E-state index is 11.5. The summed E-state index contributed by atoms with van der Waals surface area (Å²) in [6.07, 6.45) is 2.73. The van der Waals surface area contributed by atoms with Gasteiger partial charge in [0.15, 0.2) is 0 Å². The molecule has 1 aliphatic carbocycles. The second-order valence-electron chi connectivity index (χ2n) is 4.52. The van der Waals surface area contributed by atoms with Gasteiger partial charge in [-0.05, 0) is 18.8 Å². The molecule has 0 aromatic rings. The van der Waals surface area contributed by atoms with Crippen molar-refractivity contribution < 1.29 is 13.2 Å². The van der Waals surface area contributed by atoms with Crippen molar-refractivity contribution in [3.8, 4) is 0 Å². The minimum absolute atomic E-state index is 0.0761. The van der Waals surface area contributed by atoms with Crippen molar-refractivity contribution in [1.29, 1.82) is 0 Å². The molecule has 86 valence electrons. The van der Waals surface area contributed by atoms with Gasteiger partial charge in [-0.2, -0.15) is 0 Å². The molecule has 1 heterocycles. The molecular weight excluding hydrogens is 238 g/mol. The van der Waals surface area contributed by atoms with Crippen LogP contribution in [0.5, 0.6) is 0 Å². The fourth-order valence-electron chi connectivity index (χ4n) is 2.04. The van der Waals surface area contributed by atoms with E-state index in [0.717, 1.165) is 6.54 Å². The van der Waals surface area contributed by atoms with Crippen LogP contribution >= 0.6 is 10.7 Å². The van der Waals surface area contributed by atoms with E-state index in [1.807, 2.05) is 0 Å². The molecule has 1 aliphatic heterocycles. The number of hydrogen-bond donors (Lipinski definition) is 0. The first kappa shape index (κ1) is 11.2. The lowest BCUT2D eigenvalue weighted by Gasteiger charge is -2.15. The predicted octanol–water partition coefficient (Wildman–Crippen LogP) is 0.814. The lowest BCUT2D eigenvalue weighted by molar-refractivity contribution is -0.127. The summed E-state index contributed by atoms with van der Waals surface area (Å²) in [4.78, 5) is 13.3. The Balaban J connectivity index is 1.88. The average Bonchev–Trinajstić information content (AvgIpc) is 2.77. The molecule has 0 aromatic heterocycles. The maximum Gasteiger partial charge on any atom is 0.232 e. The molecule has 1 saturated heterocycles. The van der Waals surface area contributed by atoms with Crippen molar-refractivity contribution in [3.05, 3.63) is 0 Å². The van der Waals surface area contributed by atoms with Gasteiger partial charge in [0.05, 0.1) is 5.75 Å². The molecular formula is C9H14ClNO3S. The smallest absolute Gasteiger partial charge is 0.232 e. The van der Waals surface area contributed by atoms with Crippen LogP contribution < -0.4 is 0 Å². The summed E-state index contributed by atoms with van der Waals surface area (Å²) in [5, 5.41) is 0. The van der Waals surface area contributed by atoms with Crippen LogP contribution in [-0.2, 0) is 13.8 Å². The van der Waals surface area contributed by atoms with Crippen LogP contribution in [0.15, 0.2) is 0 Å². The standard InChI is InChI=1S/C9H14ClNO3S/c10-15(13,14)6-8-3-9(12)11(5-8)4-7-1-2-7/h7-8H,1-6H2. The van der Waals surface area contributed by atoms with Crippen LogP contribution in [0.25, 0.3) is 0 Å². The van der Waals surface area contributed by atoms with Crippen molar-refractivity contribution in [3.63, 3.8) is 0 Å². The van der Waals surface area contributed by atoms with E-state index in [2.05, 4.69) is 0 Å². The van der Waals surface area contributed by atoms with Gasteiger partial charge < -0.3 is 4.90 Å². The summed E-state index contributed by atoms with van der Waals surface area (Å²) in [6.45, 7) is 1.36. The largest absolute Gasteiger partial charge is 0.342 e. The Morgan fingerprint density at radius 2 is 2.00 bits per heavy atom. The minimum atomic E-state index is -3.47. The molecule has 2 rings (SSSR count). The molecule has 1 amide bonds. The molecule has 0 N–H and O–H groups in total. The van der Waals surface area contributed by atoms with Crippen LogP contribution in [0.4, 0.5) is 0 Å². The Kier molecular flexibility index (Phi) is 2.94. The monoisotopic (exact) mass is 251 g/mol. The lowest BCUT2D eigenvalue weighted by Crippen LogP contribution is -2.28. The predicted molar refractivity (Wildman–Crippen MR) is 57.1 cm³/mol. The molecule has 2 aliphatic rings. The van der Waals surface area contributed by atoms with Gasteiger partial charge in [-0.1, -0.05) is 0 Å². The van der Waals surface area contributed by atoms with Gasteiger partial charge in [-0.3, -0.25) is 4.79 Å². The highest BCUT2D eigenvalue weighted by molar-refractivity contribution is 8.13. The van der Waals surface area contributed by atoms with Crippen molar-refractivity contribution in [1.82, 2.24) is 4.90 Å². The lowest BCUT2D eigenvalue weighted by atomic mass is 10.1. The van der Waals surface area contributed by atoms with Crippen molar-refractivity contribution in [2.24, 2.45) is 11.8 Å². The van der Waals surface area contributed by atoms with E-state index in [-0.39, 0.29) is 17.6 Å². The second-order valence-corrected chi connectivity index (χ2v) is 7.34. The van der Waals surface area contributed by atoms with E-state index in [9.17, 15) is 13.2 Å². The van der Waals surface area contributed by atoms with E-state index in [4.69, 9.17) is 10.7 Å². The number of likely N-dealkylation sites (tertiary alicyclic amines) is 1. The van der Waals surface area contributed by atoms with Gasteiger partial charge in [-0.25, -0.2) is 8.42 Å². The molecule has 6 heteroatoms. The van der Waals surface area contributed by atoms with E-state index >= 15 is 0 Å². The van der Waals surface area contributed by atoms with Crippen molar-refractivity contribution in [2.45, 2.75) is 19.3 Å². The Labute approximate surface area is 94.0 Å². The first-order valence-corrected chi connectivity index (χ1v) is 7.62. The Morgan fingerprint density at radius 1 is 1.33 bits per heavy atom. The fraction of sp³-hybridized carbons (Fsp3) is 0.889. The summed E-state index contributed by atoms with van der Waals surface area (Å²) >= 11 is 0. The topological polar surface area (TPSA) is 54.5 Å². The first-order valence-electron chi connectivity index (χ1n) is 5.14. The summed E-state index contributed by atoms with van der Waals surface area (Å²) in [5.41, 5.74) is 0. The Bertz CT molecular complexity index is 364. The Hall–Kier alpha value is -0.290. The zero-order valence-electron chi connectivity index (χ0n) is 8.36. The van der Waals surface area contributed by atoms with Gasteiger partial charge >= 0.3 is 0 Å². The molecule has 4 nitrogen and oxygen atoms in total. The molecule has 1 atom stereocenters. The summed E-state index contributed by atoms with van der Waals surface area (Å²) < 4.78 is 21.7. The summed E-state index contributed by atoms with van der Waals surface area (Å²) in [7, 11) is 1.70. The molecule has 2 fully saturated rings. The van der Waals surface area contributed by atoms with E-state index in [1.165, 1.54) is 12.8 Å². The van der Waals surface area contributed by atoms with Crippen molar-refractivity contribution in [2.75, 3.05) is 18.8 Å². The summed E-state index contributed by atoms with van der Waals surface area (Å²) in [5.74, 6) is 0.535. The van der Waals surface area contributed by atoms with Crippen LogP contribution in [0.2, 0.25) is 0 Å². The van der Waals surface area contributed by atoms with Gasteiger partial charge in [0.1, 0.15) is 0 Å². The van der Waals surface area contributed by atoms with Gasteiger partial charge in [0, 0.05) is 36.1 Å². The molecule has 0 radical (unpaired) electrons. The number of carbonyl (C=O) groups is 1. The normalized spacial score (nSPS) is 27.4. The van der Waals surface area contributed by atoms with Gasteiger partial charge in [-0.15, -0.1) is 0 Å². The Morgan fingerprint density at radius 3 is 2.53 bits per heavy atom. The molecule has 0 bridgehead atoms. The zero-order valence-corrected chi connectivity index (χ0v) is 9.93. The molecule has 0 aromatic carbocycles. The third-order valence-corrected chi connectivity index (χ3v) is 4.15. The van der Waals surface area contributed by atoms with E-state index in [0.29, 0.717) is 18.9 Å². The summed E-state index contributed by atoms with van der Waals surface area (Å²) in [6, 6.07) is 0. The number of hydrogen-bond acceptors (Lipinski definition) is 3. The highest BCUT2D eigenvalue weighted by atomic mass is 35.7. The van der Waals surface area contributed by atoms with Crippen LogP contribution in [0.1, 0.15) is 19.3 Å². The first-order chi connectivity index (χ1) is 6.94. The maximum absolute atomic E-state index is 11.5. The number of halogens is 1. The molecule has 1 saturated carbocycles. The zero-order chi connectivity index (χ0) is 11.1. The van der Waals surface area contributed by atoms with Crippen LogP contribution in [0, 0.1) is 11.8 Å². The number of rotatable bonds is 4. The van der Waals surface area contributed by atoms with Gasteiger partial charge in [0.2, 0.25) is 15.0 Å². The molecule has 1 unspecified atom stereocenters. The highest BCUT2D eigenvalue weighted by Gasteiger charge is 2.35. The number of carbonyl (C=O) groups excluding carboxylic acids is 1. The van der Waals surface area contributed by atoms with E-state index in [1.54, 1.807) is 4.90 Å². The quantitative estimate of drug-likeness (QED) is 0.695. The third kappa shape index (κ3) is 3.34.